The van der Waals surface area contributed by atoms with Gasteiger partial charge in [0.15, 0.2) is 5.16 Å². The summed E-state index contributed by atoms with van der Waals surface area (Å²) in [6, 6.07) is 20.2. The summed E-state index contributed by atoms with van der Waals surface area (Å²) in [6.07, 6.45) is 3.20. The van der Waals surface area contributed by atoms with Crippen molar-refractivity contribution < 1.29 is 4.79 Å². The maximum Gasteiger partial charge on any atom is 0.255 e. The Hall–Kier alpha value is -2.57. The minimum absolute atomic E-state index is 0.00102. The first-order valence-electron chi connectivity index (χ1n) is 11.8. The third-order valence-corrected chi connectivity index (χ3v) is 8.63. The number of hydrogen-bond donors (Lipinski definition) is 2. The molecule has 1 saturated heterocycles. The third kappa shape index (κ3) is 4.80. The van der Waals surface area contributed by atoms with E-state index in [2.05, 4.69) is 22.4 Å². The highest BCUT2D eigenvalue weighted by molar-refractivity contribution is 8.00. The molecule has 7 heteroatoms. The Morgan fingerprint density at radius 1 is 1.03 bits per heavy atom. The Balaban J connectivity index is 1.46. The number of aromatic amines is 1. The van der Waals surface area contributed by atoms with Gasteiger partial charge in [-0.05, 0) is 43.2 Å². The first kappa shape index (κ1) is 23.2. The average molecular weight is 494 g/mol. The fourth-order valence-corrected chi connectivity index (χ4v) is 6.97. The zero-order valence-electron chi connectivity index (χ0n) is 19.0. The third-order valence-electron chi connectivity index (χ3n) is 7.06. The van der Waals surface area contributed by atoms with E-state index in [1.54, 1.807) is 0 Å². The standard InChI is InChI=1S/C27H28ClN3O2S/c1-16-20(14-17-8-4-2-5-9-17)25(32)31-27(29-16)34-24-23(18-10-6-3-7-11-18)21-15-19(28)12-13-22(21)30-26(24)33/h2-11,19,21-24H,12-15H2,1H3,(H,30,33)(H,29,31,32). The summed E-state index contributed by atoms with van der Waals surface area (Å²) in [5, 5.41) is 3.45. The van der Waals surface area contributed by atoms with Crippen molar-refractivity contribution in [2.75, 3.05) is 0 Å². The molecule has 5 nitrogen and oxygen atoms in total. The van der Waals surface area contributed by atoms with E-state index in [-0.39, 0.29) is 34.7 Å². The zero-order chi connectivity index (χ0) is 23.7. The van der Waals surface area contributed by atoms with Gasteiger partial charge in [-0.1, -0.05) is 72.4 Å². The second-order valence-electron chi connectivity index (χ2n) is 9.26. The summed E-state index contributed by atoms with van der Waals surface area (Å²) in [5.74, 6) is 0.252. The molecule has 1 aliphatic carbocycles. The largest absolute Gasteiger partial charge is 0.352 e. The van der Waals surface area contributed by atoms with Gasteiger partial charge in [0.05, 0.1) is 5.25 Å². The van der Waals surface area contributed by atoms with Crippen LogP contribution in [0, 0.1) is 12.8 Å². The van der Waals surface area contributed by atoms with Crippen molar-refractivity contribution in [1.29, 1.82) is 0 Å². The number of H-pyrrole nitrogens is 1. The molecule has 176 valence electrons. The molecule has 1 aromatic heterocycles. The fourth-order valence-electron chi connectivity index (χ4n) is 5.37. The van der Waals surface area contributed by atoms with Crippen LogP contribution in [-0.2, 0) is 11.2 Å². The van der Waals surface area contributed by atoms with Crippen LogP contribution in [0.25, 0.3) is 0 Å². The van der Waals surface area contributed by atoms with Crippen LogP contribution in [0.3, 0.4) is 0 Å². The van der Waals surface area contributed by atoms with Crippen LogP contribution in [0.2, 0.25) is 0 Å². The van der Waals surface area contributed by atoms with Crippen molar-refractivity contribution in [3.63, 3.8) is 0 Å². The number of carbonyl (C=O) groups excluding carboxylic acids is 1. The first-order valence-corrected chi connectivity index (χ1v) is 13.1. The number of rotatable bonds is 5. The number of hydrogen-bond acceptors (Lipinski definition) is 4. The Labute approximate surface area is 208 Å². The van der Waals surface area contributed by atoms with Gasteiger partial charge in [-0.2, -0.15) is 0 Å². The van der Waals surface area contributed by atoms with Crippen molar-refractivity contribution in [3.05, 3.63) is 93.4 Å². The monoisotopic (exact) mass is 493 g/mol. The molecule has 0 spiro atoms. The molecule has 2 heterocycles. The lowest BCUT2D eigenvalue weighted by Gasteiger charge is -2.46. The molecule has 0 bridgehead atoms. The van der Waals surface area contributed by atoms with E-state index in [0.29, 0.717) is 22.8 Å². The topological polar surface area (TPSA) is 74.8 Å². The molecule has 0 radical (unpaired) electrons. The molecule has 2 aliphatic rings. The summed E-state index contributed by atoms with van der Waals surface area (Å²) in [7, 11) is 0. The molecule has 1 saturated carbocycles. The molecule has 1 aliphatic heterocycles. The smallest absolute Gasteiger partial charge is 0.255 e. The number of piperidine rings is 1. The van der Waals surface area contributed by atoms with Crippen molar-refractivity contribution in [1.82, 2.24) is 15.3 Å². The van der Waals surface area contributed by atoms with E-state index >= 15 is 0 Å². The zero-order valence-corrected chi connectivity index (χ0v) is 20.6. The van der Waals surface area contributed by atoms with Crippen molar-refractivity contribution in [2.24, 2.45) is 5.92 Å². The average Bonchev–Trinajstić information content (AvgIpc) is 2.83. The first-order chi connectivity index (χ1) is 16.5. The lowest BCUT2D eigenvalue weighted by Crippen LogP contribution is -2.57. The second kappa shape index (κ2) is 9.96. The predicted octanol–water partition coefficient (Wildman–Crippen LogP) is 4.82. The highest BCUT2D eigenvalue weighted by Crippen LogP contribution is 2.47. The summed E-state index contributed by atoms with van der Waals surface area (Å²) in [6.45, 7) is 1.86. The number of aryl methyl sites for hydroxylation is 1. The number of alkyl halides is 1. The van der Waals surface area contributed by atoms with Crippen LogP contribution in [0.5, 0.6) is 0 Å². The number of amides is 1. The van der Waals surface area contributed by atoms with Crippen LogP contribution in [0.4, 0.5) is 0 Å². The molecule has 5 atom stereocenters. The SMILES string of the molecule is Cc1nc(SC2C(=O)NC3CCC(Cl)CC3C2c2ccccc2)[nH]c(=O)c1Cc1ccccc1. The van der Waals surface area contributed by atoms with Gasteiger partial charge < -0.3 is 10.3 Å². The molecule has 2 aromatic carbocycles. The van der Waals surface area contributed by atoms with Crippen molar-refractivity contribution in [2.45, 2.75) is 60.4 Å². The number of benzene rings is 2. The fraction of sp³-hybridized carbons (Fsp3) is 0.370. The predicted molar refractivity (Wildman–Crippen MR) is 137 cm³/mol. The highest BCUT2D eigenvalue weighted by Gasteiger charge is 2.47. The molecular weight excluding hydrogens is 466 g/mol. The van der Waals surface area contributed by atoms with Gasteiger partial charge in [0.1, 0.15) is 0 Å². The maximum atomic E-state index is 13.3. The van der Waals surface area contributed by atoms with Gasteiger partial charge in [0, 0.05) is 35.0 Å². The minimum atomic E-state index is -0.395. The summed E-state index contributed by atoms with van der Waals surface area (Å²) in [5.41, 5.74) is 3.39. The number of aromatic nitrogens is 2. The van der Waals surface area contributed by atoms with E-state index in [9.17, 15) is 9.59 Å². The van der Waals surface area contributed by atoms with Gasteiger partial charge >= 0.3 is 0 Å². The molecule has 3 aromatic rings. The molecule has 2 N–H and O–H groups in total. The molecule has 34 heavy (non-hydrogen) atoms. The molecule has 1 amide bonds. The van der Waals surface area contributed by atoms with E-state index < -0.39 is 5.25 Å². The van der Waals surface area contributed by atoms with Crippen LogP contribution in [-0.4, -0.2) is 32.5 Å². The van der Waals surface area contributed by atoms with Crippen LogP contribution in [0.1, 0.15) is 47.6 Å². The minimum Gasteiger partial charge on any atom is -0.352 e. The maximum absolute atomic E-state index is 13.3. The van der Waals surface area contributed by atoms with Crippen LogP contribution < -0.4 is 10.9 Å². The number of halogens is 1. The van der Waals surface area contributed by atoms with E-state index in [1.165, 1.54) is 11.8 Å². The van der Waals surface area contributed by atoms with Crippen molar-refractivity contribution in [3.8, 4) is 0 Å². The van der Waals surface area contributed by atoms with Crippen LogP contribution in [0.15, 0.2) is 70.6 Å². The molecule has 5 rings (SSSR count). The number of carbonyl (C=O) groups is 1. The lowest BCUT2D eigenvalue weighted by molar-refractivity contribution is -0.125. The van der Waals surface area contributed by atoms with Gasteiger partial charge in [-0.15, -0.1) is 11.6 Å². The summed E-state index contributed by atoms with van der Waals surface area (Å²) < 4.78 is 0. The van der Waals surface area contributed by atoms with Gasteiger partial charge in [-0.25, -0.2) is 4.98 Å². The van der Waals surface area contributed by atoms with Crippen LogP contribution >= 0.6 is 23.4 Å². The molecule has 5 unspecified atom stereocenters. The highest BCUT2D eigenvalue weighted by atomic mass is 35.5. The summed E-state index contributed by atoms with van der Waals surface area (Å²) >= 11 is 7.93. The van der Waals surface area contributed by atoms with Gasteiger partial charge in [0.25, 0.3) is 5.56 Å². The Morgan fingerprint density at radius 3 is 2.44 bits per heavy atom. The quantitative estimate of drug-likeness (QED) is 0.394. The Bertz CT molecular complexity index is 1220. The Morgan fingerprint density at radius 2 is 1.74 bits per heavy atom. The summed E-state index contributed by atoms with van der Waals surface area (Å²) in [4.78, 5) is 34.0. The number of nitrogens with zero attached hydrogens (tertiary/aromatic N) is 1. The van der Waals surface area contributed by atoms with E-state index in [4.69, 9.17) is 16.6 Å². The van der Waals surface area contributed by atoms with E-state index in [0.717, 1.165) is 30.4 Å². The van der Waals surface area contributed by atoms with E-state index in [1.807, 2.05) is 55.5 Å². The number of fused-ring (bicyclic) bond motifs is 1. The van der Waals surface area contributed by atoms with Gasteiger partial charge in [0.2, 0.25) is 5.91 Å². The number of nitrogens with one attached hydrogen (secondary N) is 2. The number of thioether (sulfide) groups is 1. The van der Waals surface area contributed by atoms with Crippen molar-refractivity contribution >= 4 is 29.3 Å². The Kier molecular flexibility index (Phi) is 6.79. The normalized spacial score (nSPS) is 26.5. The molecular formula is C27H28ClN3O2S. The van der Waals surface area contributed by atoms with Gasteiger partial charge in [-0.3, -0.25) is 9.59 Å². The molecule has 2 fully saturated rings. The second-order valence-corrected chi connectivity index (χ2v) is 11.0. The lowest BCUT2D eigenvalue weighted by atomic mass is 9.69.